The number of benzene rings is 1. The van der Waals surface area contributed by atoms with Gasteiger partial charge in [-0.25, -0.2) is 9.97 Å². The Bertz CT molecular complexity index is 770. The van der Waals surface area contributed by atoms with E-state index in [9.17, 15) is 0 Å². The topological polar surface area (TPSA) is 86.2 Å². The molecule has 2 aromatic rings. The van der Waals surface area contributed by atoms with Gasteiger partial charge in [-0.15, -0.1) is 0 Å². The predicted octanol–water partition coefficient (Wildman–Crippen LogP) is 2.14. The van der Waals surface area contributed by atoms with Crippen LogP contribution in [0.1, 0.15) is 18.4 Å². The molecule has 1 aromatic carbocycles. The highest BCUT2D eigenvalue weighted by atomic mass is 16.5. The third-order valence-electron chi connectivity index (χ3n) is 5.09. The van der Waals surface area contributed by atoms with Gasteiger partial charge < -0.3 is 25.7 Å². The smallest absolute Gasteiger partial charge is 0.163 e. The van der Waals surface area contributed by atoms with E-state index in [1.807, 2.05) is 30.3 Å². The van der Waals surface area contributed by atoms with Crippen LogP contribution in [-0.4, -0.2) is 61.6 Å². The van der Waals surface area contributed by atoms with Crippen molar-refractivity contribution in [1.82, 2.24) is 15.3 Å². The van der Waals surface area contributed by atoms with Gasteiger partial charge in [-0.2, -0.15) is 0 Å². The minimum Gasteiger partial charge on any atom is -0.378 e. The van der Waals surface area contributed by atoms with E-state index < -0.39 is 0 Å². The van der Waals surface area contributed by atoms with Crippen LogP contribution in [0.4, 0.5) is 11.6 Å². The number of hydrogen-bond donors (Lipinski definition) is 3. The van der Waals surface area contributed by atoms with Crippen LogP contribution in [0.3, 0.4) is 0 Å². The molecular formula is C20H26N6O. The van der Waals surface area contributed by atoms with Crippen molar-refractivity contribution in [2.45, 2.75) is 18.9 Å². The fraction of sp³-hybridized carbons (Fsp3) is 0.450. The average molecular weight is 366 g/mol. The molecule has 0 aliphatic carbocycles. The van der Waals surface area contributed by atoms with Crippen LogP contribution in [0.5, 0.6) is 0 Å². The number of piperidine rings is 1. The lowest BCUT2D eigenvalue weighted by atomic mass is 10.1. The lowest BCUT2D eigenvalue weighted by molar-refractivity contribution is 0.122. The number of ether oxygens (including phenoxy) is 1. The molecule has 3 heterocycles. The number of anilines is 2. The second-order valence-corrected chi connectivity index (χ2v) is 6.91. The molecule has 0 saturated carbocycles. The van der Waals surface area contributed by atoms with E-state index in [-0.39, 0.29) is 0 Å². The summed E-state index contributed by atoms with van der Waals surface area (Å²) in [4.78, 5) is 11.9. The molecule has 4 rings (SSSR count). The second kappa shape index (κ2) is 8.45. The summed E-state index contributed by atoms with van der Waals surface area (Å²) in [6.45, 7) is 4.92. The van der Waals surface area contributed by atoms with E-state index in [4.69, 9.17) is 20.1 Å². The molecule has 0 amide bonds. The van der Waals surface area contributed by atoms with Gasteiger partial charge in [0.15, 0.2) is 5.82 Å². The van der Waals surface area contributed by atoms with Gasteiger partial charge >= 0.3 is 0 Å². The Morgan fingerprint density at radius 2 is 1.85 bits per heavy atom. The van der Waals surface area contributed by atoms with Crippen molar-refractivity contribution in [1.29, 1.82) is 5.41 Å². The Balaban J connectivity index is 1.75. The van der Waals surface area contributed by atoms with Crippen LogP contribution in [0, 0.1) is 5.41 Å². The predicted molar refractivity (Wildman–Crippen MR) is 108 cm³/mol. The van der Waals surface area contributed by atoms with Crippen molar-refractivity contribution < 1.29 is 4.74 Å². The van der Waals surface area contributed by atoms with E-state index in [2.05, 4.69) is 15.5 Å². The fourth-order valence-electron chi connectivity index (χ4n) is 3.59. The Hall–Kier alpha value is -2.51. The molecule has 0 bridgehead atoms. The van der Waals surface area contributed by atoms with Crippen molar-refractivity contribution in [3.8, 4) is 11.4 Å². The highest BCUT2D eigenvalue weighted by molar-refractivity contribution is 5.92. The minimum absolute atomic E-state index is 0.362. The van der Waals surface area contributed by atoms with E-state index in [1.54, 1.807) is 0 Å². The largest absolute Gasteiger partial charge is 0.378 e. The number of hydrogen-bond acceptors (Lipinski definition) is 7. The van der Waals surface area contributed by atoms with Crippen LogP contribution in [-0.2, 0) is 4.74 Å². The number of aromatic nitrogens is 2. The number of nitrogens with one attached hydrogen (secondary N) is 3. The number of morpholine rings is 1. The lowest BCUT2D eigenvalue weighted by Gasteiger charge is -2.31. The van der Waals surface area contributed by atoms with E-state index in [0.29, 0.717) is 25.1 Å². The van der Waals surface area contributed by atoms with Gasteiger partial charge in [-0.3, -0.25) is 0 Å². The van der Waals surface area contributed by atoms with Gasteiger partial charge in [0, 0.05) is 30.9 Å². The molecule has 2 aliphatic heterocycles. The number of rotatable bonds is 5. The van der Waals surface area contributed by atoms with Crippen molar-refractivity contribution in [2.75, 3.05) is 49.6 Å². The molecule has 7 nitrogen and oxygen atoms in total. The monoisotopic (exact) mass is 366 g/mol. The Morgan fingerprint density at radius 1 is 1.11 bits per heavy atom. The van der Waals surface area contributed by atoms with Gasteiger partial charge in [-0.05, 0) is 25.9 Å². The summed E-state index contributed by atoms with van der Waals surface area (Å²) < 4.78 is 5.50. The molecule has 7 heteroatoms. The van der Waals surface area contributed by atoms with Gasteiger partial charge in [0.2, 0.25) is 0 Å². The molecule has 142 valence electrons. The van der Waals surface area contributed by atoms with Gasteiger partial charge in [0.25, 0.3) is 0 Å². The molecule has 2 saturated heterocycles. The Kier molecular flexibility index (Phi) is 5.60. The zero-order chi connectivity index (χ0) is 18.5. The summed E-state index contributed by atoms with van der Waals surface area (Å²) >= 11 is 0. The lowest BCUT2D eigenvalue weighted by Crippen LogP contribution is -2.38. The summed E-state index contributed by atoms with van der Waals surface area (Å²) in [5.41, 5.74) is 1.74. The normalized spacial score (nSPS) is 18.3. The molecule has 3 N–H and O–H groups in total. The van der Waals surface area contributed by atoms with E-state index >= 15 is 0 Å². The highest BCUT2D eigenvalue weighted by Gasteiger charge is 2.23. The van der Waals surface area contributed by atoms with Gasteiger partial charge in [0.05, 0.1) is 18.8 Å². The Labute approximate surface area is 159 Å². The molecule has 2 aliphatic rings. The van der Waals surface area contributed by atoms with Crippen LogP contribution < -0.4 is 15.5 Å². The van der Waals surface area contributed by atoms with E-state index in [0.717, 1.165) is 61.8 Å². The maximum atomic E-state index is 8.02. The van der Waals surface area contributed by atoms with Crippen molar-refractivity contribution in [3.63, 3.8) is 0 Å². The molecule has 0 spiro atoms. The first-order valence-electron chi connectivity index (χ1n) is 9.63. The highest BCUT2D eigenvalue weighted by Crippen LogP contribution is 2.29. The first-order valence-corrected chi connectivity index (χ1v) is 9.63. The molecule has 27 heavy (non-hydrogen) atoms. The summed E-state index contributed by atoms with van der Waals surface area (Å²) in [5.74, 6) is 2.27. The molecule has 0 radical (unpaired) electrons. The van der Waals surface area contributed by atoms with Crippen LogP contribution in [0.2, 0.25) is 0 Å². The maximum Gasteiger partial charge on any atom is 0.163 e. The molecule has 1 aromatic heterocycles. The quantitative estimate of drug-likeness (QED) is 0.703. The molecular weight excluding hydrogens is 340 g/mol. The molecule has 2 fully saturated rings. The average Bonchev–Trinajstić information content (AvgIpc) is 2.75. The molecule has 0 unspecified atom stereocenters. The second-order valence-electron chi connectivity index (χ2n) is 6.91. The third-order valence-corrected chi connectivity index (χ3v) is 5.09. The number of nitrogens with zero attached hydrogens (tertiary/aromatic N) is 3. The van der Waals surface area contributed by atoms with Crippen molar-refractivity contribution in [3.05, 3.63) is 35.9 Å². The van der Waals surface area contributed by atoms with Crippen LogP contribution >= 0.6 is 0 Å². The minimum atomic E-state index is 0.362. The maximum absolute atomic E-state index is 8.02. The zero-order valence-electron chi connectivity index (χ0n) is 15.4. The third kappa shape index (κ3) is 4.09. The standard InChI is InChI=1S/C20H26N6O/c21-14-17-19(23-16-6-8-22-9-7-16)24-18(15-4-2-1-3-5-15)25-20(17)26-10-12-27-13-11-26/h1-5,14,16,21-22H,6-13H2,(H,23,24,25). The van der Waals surface area contributed by atoms with Crippen molar-refractivity contribution in [2.24, 2.45) is 0 Å². The summed E-state index contributed by atoms with van der Waals surface area (Å²) in [7, 11) is 0. The van der Waals surface area contributed by atoms with Crippen molar-refractivity contribution >= 4 is 17.9 Å². The summed E-state index contributed by atoms with van der Waals surface area (Å²) in [6.07, 6.45) is 3.48. The van der Waals surface area contributed by atoms with Gasteiger partial charge in [0.1, 0.15) is 11.6 Å². The zero-order valence-corrected chi connectivity index (χ0v) is 15.4. The molecule has 0 atom stereocenters. The Morgan fingerprint density at radius 3 is 2.56 bits per heavy atom. The van der Waals surface area contributed by atoms with Crippen LogP contribution in [0.15, 0.2) is 30.3 Å². The SMILES string of the molecule is N=Cc1c(NC2CCNCC2)nc(-c2ccccc2)nc1N1CCOCC1. The van der Waals surface area contributed by atoms with Crippen LogP contribution in [0.25, 0.3) is 11.4 Å². The first-order chi connectivity index (χ1) is 13.3. The van der Waals surface area contributed by atoms with E-state index in [1.165, 1.54) is 6.21 Å². The first kappa shape index (κ1) is 17.9. The fourth-order valence-corrected chi connectivity index (χ4v) is 3.59. The van der Waals surface area contributed by atoms with Gasteiger partial charge in [-0.1, -0.05) is 30.3 Å². The summed E-state index contributed by atoms with van der Waals surface area (Å²) in [5, 5.41) is 15.0. The summed E-state index contributed by atoms with van der Waals surface area (Å²) in [6, 6.07) is 10.4.